The second-order valence-corrected chi connectivity index (χ2v) is 7.49. The Balaban J connectivity index is 1.68. The molecule has 0 bridgehead atoms. The van der Waals surface area contributed by atoms with E-state index in [4.69, 9.17) is 11.6 Å². The van der Waals surface area contributed by atoms with Crippen molar-refractivity contribution in [2.24, 2.45) is 0 Å². The highest BCUT2D eigenvalue weighted by Gasteiger charge is 2.38. The van der Waals surface area contributed by atoms with Crippen LogP contribution in [-0.2, 0) is 4.79 Å². The normalized spacial score (nSPS) is 18.7. The van der Waals surface area contributed by atoms with Crippen molar-refractivity contribution in [1.82, 2.24) is 0 Å². The molecule has 3 nitrogen and oxygen atoms in total. The van der Waals surface area contributed by atoms with E-state index in [1.54, 1.807) is 4.90 Å². The molecule has 1 amide bonds. The highest BCUT2D eigenvalue weighted by Crippen LogP contribution is 2.45. The Kier molecular flexibility index (Phi) is 4.18. The molecule has 0 spiro atoms. The van der Waals surface area contributed by atoms with Gasteiger partial charge < -0.3 is 4.90 Å². The predicted octanol–water partition coefficient (Wildman–Crippen LogP) is 6.03. The number of nitrogens with zero attached hydrogens (tertiary/aromatic N) is 2. The van der Waals surface area contributed by atoms with Crippen LogP contribution >= 0.6 is 11.6 Å². The number of fused-ring (bicyclic) bond motifs is 1. The zero-order valence-corrected chi connectivity index (χ0v) is 16.1. The maximum Gasteiger partial charge on any atom is 0.265 e. The minimum atomic E-state index is 0.0151. The van der Waals surface area contributed by atoms with Crippen molar-refractivity contribution in [2.45, 2.75) is 12.8 Å². The largest absolute Gasteiger partial charge is 0.344 e. The van der Waals surface area contributed by atoms with Crippen molar-refractivity contribution in [2.75, 3.05) is 16.3 Å². The average Bonchev–Trinajstić information content (AvgIpc) is 3.30. The highest BCUT2D eigenvalue weighted by atomic mass is 35.5. The Labute approximate surface area is 169 Å². The molecule has 0 radical (unpaired) electrons. The lowest BCUT2D eigenvalue weighted by Crippen LogP contribution is -2.24. The Bertz CT molecular complexity index is 1090. The molecule has 2 aliphatic rings. The van der Waals surface area contributed by atoms with Crippen LogP contribution < -0.4 is 9.80 Å². The number of benzene rings is 3. The van der Waals surface area contributed by atoms with Crippen LogP contribution in [0.2, 0.25) is 5.02 Å². The molecule has 3 aromatic rings. The fourth-order valence-electron chi connectivity index (χ4n) is 4.19. The molecular formula is C24H19ClN2O. The number of allylic oxidation sites excluding steroid dienone is 1. The molecule has 28 heavy (non-hydrogen) atoms. The average molecular weight is 387 g/mol. The Hall–Kier alpha value is -3.04. The summed E-state index contributed by atoms with van der Waals surface area (Å²) in [5.41, 5.74) is 5.74. The summed E-state index contributed by atoms with van der Waals surface area (Å²) in [6.45, 7) is 0.926. The number of amides is 1. The quantitative estimate of drug-likeness (QED) is 0.502. The summed E-state index contributed by atoms with van der Waals surface area (Å²) in [5, 5.41) is 0.621. The third-order valence-electron chi connectivity index (χ3n) is 5.38. The molecular weight excluding hydrogens is 368 g/mol. The first-order valence-corrected chi connectivity index (χ1v) is 9.87. The summed E-state index contributed by atoms with van der Waals surface area (Å²) in [6.07, 6.45) is 1.94. The van der Waals surface area contributed by atoms with E-state index in [0.717, 1.165) is 53.3 Å². The number of anilines is 3. The molecule has 0 unspecified atom stereocenters. The molecule has 0 saturated carbocycles. The summed E-state index contributed by atoms with van der Waals surface area (Å²) in [6, 6.07) is 25.8. The van der Waals surface area contributed by atoms with E-state index < -0.39 is 0 Å². The molecule has 3 aromatic carbocycles. The van der Waals surface area contributed by atoms with Crippen LogP contribution in [0.25, 0.3) is 5.57 Å². The van der Waals surface area contributed by atoms with Crippen LogP contribution in [0.4, 0.5) is 17.1 Å². The second kappa shape index (κ2) is 6.84. The summed E-state index contributed by atoms with van der Waals surface area (Å²) in [7, 11) is 0. The van der Waals surface area contributed by atoms with Gasteiger partial charge >= 0.3 is 0 Å². The number of halogens is 1. The molecule has 2 aliphatic heterocycles. The Morgan fingerprint density at radius 1 is 0.821 bits per heavy atom. The van der Waals surface area contributed by atoms with Gasteiger partial charge in [-0.15, -0.1) is 0 Å². The number of carbonyl (C=O) groups excluding carboxylic acids is 1. The summed E-state index contributed by atoms with van der Waals surface area (Å²) >= 11 is 6.21. The molecule has 2 heterocycles. The number of rotatable bonds is 2. The zero-order chi connectivity index (χ0) is 19.1. The van der Waals surface area contributed by atoms with Gasteiger partial charge in [-0.3, -0.25) is 9.69 Å². The molecule has 4 heteroatoms. The van der Waals surface area contributed by atoms with Crippen molar-refractivity contribution in [3.8, 4) is 0 Å². The van der Waals surface area contributed by atoms with E-state index in [9.17, 15) is 4.79 Å². The fraction of sp³-hybridized carbons (Fsp3) is 0.125. The minimum absolute atomic E-state index is 0.0151. The predicted molar refractivity (Wildman–Crippen MR) is 115 cm³/mol. The lowest BCUT2D eigenvalue weighted by Gasteiger charge is -2.22. The third-order valence-corrected chi connectivity index (χ3v) is 5.61. The SMILES string of the molecule is O=C1/C(=C2\CCCN2c2ccccc2)c2ccccc2N1c1cccc(Cl)c1. The van der Waals surface area contributed by atoms with E-state index >= 15 is 0 Å². The zero-order valence-electron chi connectivity index (χ0n) is 15.3. The lowest BCUT2D eigenvalue weighted by molar-refractivity contribution is -0.112. The van der Waals surface area contributed by atoms with Crippen LogP contribution in [-0.4, -0.2) is 12.5 Å². The van der Waals surface area contributed by atoms with E-state index in [1.807, 2.05) is 66.7 Å². The van der Waals surface area contributed by atoms with Crippen LogP contribution in [0.1, 0.15) is 18.4 Å². The van der Waals surface area contributed by atoms with Crippen molar-refractivity contribution < 1.29 is 4.79 Å². The maximum absolute atomic E-state index is 13.6. The van der Waals surface area contributed by atoms with E-state index in [2.05, 4.69) is 17.0 Å². The molecule has 1 fully saturated rings. The first-order chi connectivity index (χ1) is 13.7. The number of para-hydroxylation sites is 2. The van der Waals surface area contributed by atoms with Gasteiger partial charge in [0.2, 0.25) is 0 Å². The summed E-state index contributed by atoms with van der Waals surface area (Å²) in [5.74, 6) is 0.0151. The van der Waals surface area contributed by atoms with Crippen molar-refractivity contribution in [3.05, 3.63) is 95.1 Å². The molecule has 138 valence electrons. The van der Waals surface area contributed by atoms with Crippen LogP contribution in [0.5, 0.6) is 0 Å². The fourth-order valence-corrected chi connectivity index (χ4v) is 4.38. The van der Waals surface area contributed by atoms with Gasteiger partial charge in [0.05, 0.1) is 16.9 Å². The monoisotopic (exact) mass is 386 g/mol. The Morgan fingerprint density at radius 2 is 1.57 bits per heavy atom. The molecule has 1 saturated heterocycles. The lowest BCUT2D eigenvalue weighted by atomic mass is 10.0. The second-order valence-electron chi connectivity index (χ2n) is 7.05. The van der Waals surface area contributed by atoms with Gasteiger partial charge in [-0.25, -0.2) is 0 Å². The highest BCUT2D eigenvalue weighted by molar-refractivity contribution is 6.36. The van der Waals surface area contributed by atoms with Gasteiger partial charge in [0.15, 0.2) is 0 Å². The first-order valence-electron chi connectivity index (χ1n) is 9.49. The van der Waals surface area contributed by atoms with Gasteiger partial charge in [0.25, 0.3) is 5.91 Å². The van der Waals surface area contributed by atoms with Gasteiger partial charge in [0, 0.05) is 28.5 Å². The molecule has 0 N–H and O–H groups in total. The number of hydrogen-bond donors (Lipinski definition) is 0. The summed E-state index contributed by atoms with van der Waals surface area (Å²) in [4.78, 5) is 17.7. The molecule has 5 rings (SSSR count). The van der Waals surface area contributed by atoms with Crippen molar-refractivity contribution in [3.63, 3.8) is 0 Å². The molecule has 0 atom stereocenters. The van der Waals surface area contributed by atoms with Crippen LogP contribution in [0, 0.1) is 0 Å². The number of carbonyl (C=O) groups is 1. The van der Waals surface area contributed by atoms with E-state index in [-0.39, 0.29) is 5.91 Å². The summed E-state index contributed by atoms with van der Waals surface area (Å²) < 4.78 is 0. The first kappa shape index (κ1) is 17.1. The molecule has 0 aromatic heterocycles. The Morgan fingerprint density at radius 3 is 2.39 bits per heavy atom. The third kappa shape index (κ3) is 2.71. The van der Waals surface area contributed by atoms with Gasteiger partial charge in [0.1, 0.15) is 0 Å². The minimum Gasteiger partial charge on any atom is -0.344 e. The number of hydrogen-bond acceptors (Lipinski definition) is 2. The van der Waals surface area contributed by atoms with Gasteiger partial charge in [-0.2, -0.15) is 0 Å². The maximum atomic E-state index is 13.6. The van der Waals surface area contributed by atoms with E-state index in [1.165, 1.54) is 0 Å². The smallest absolute Gasteiger partial charge is 0.265 e. The van der Waals surface area contributed by atoms with Crippen LogP contribution in [0.3, 0.4) is 0 Å². The van der Waals surface area contributed by atoms with Crippen LogP contribution in [0.15, 0.2) is 84.6 Å². The molecule has 0 aliphatic carbocycles. The topological polar surface area (TPSA) is 23.6 Å². The van der Waals surface area contributed by atoms with Crippen molar-refractivity contribution in [1.29, 1.82) is 0 Å². The standard InChI is InChI=1S/C24H19ClN2O/c25-17-8-6-11-19(16-17)27-21-13-5-4-12-20(21)23(24(27)28)22-14-7-15-26(22)18-9-2-1-3-10-18/h1-6,8-13,16H,7,14-15H2/b23-22+. The van der Waals surface area contributed by atoms with Gasteiger partial charge in [-0.1, -0.05) is 54.1 Å². The van der Waals surface area contributed by atoms with Crippen molar-refractivity contribution >= 4 is 40.1 Å². The van der Waals surface area contributed by atoms with E-state index in [0.29, 0.717) is 5.02 Å². The van der Waals surface area contributed by atoms with Gasteiger partial charge in [-0.05, 0) is 49.2 Å².